The van der Waals surface area contributed by atoms with Crippen LogP contribution in [0.4, 0.5) is 0 Å². The molecule has 83 heavy (non-hydrogen) atoms. The minimum Gasteiger partial charge on any atom is -0.462 e. The van der Waals surface area contributed by atoms with Crippen LogP contribution in [0.3, 0.4) is 0 Å². The Hall–Kier alpha value is -4.19. The first-order valence-electron chi connectivity index (χ1n) is 35.0. The smallest absolute Gasteiger partial charge is 0.306 e. The van der Waals surface area contributed by atoms with Crippen molar-refractivity contribution in [3.05, 3.63) is 122 Å². The number of carbonyl (C=O) groups is 3. The summed E-state index contributed by atoms with van der Waals surface area (Å²) in [7, 11) is 0. The second-order valence-electron chi connectivity index (χ2n) is 23.0. The fourth-order valence-corrected chi connectivity index (χ4v) is 9.77. The van der Waals surface area contributed by atoms with E-state index in [1.807, 2.05) is 6.08 Å². The molecule has 0 fully saturated rings. The molecular weight excluding hydrogens is 1020 g/mol. The number of hydrogen-bond acceptors (Lipinski definition) is 6. The summed E-state index contributed by atoms with van der Waals surface area (Å²) in [4.78, 5) is 38.4. The third-order valence-corrected chi connectivity index (χ3v) is 14.9. The average Bonchev–Trinajstić information content (AvgIpc) is 3.49. The first kappa shape index (κ1) is 78.8. The fraction of sp³-hybridized carbons (Fsp3) is 0.701. The number of hydrogen-bond donors (Lipinski definition) is 0. The molecule has 0 aliphatic rings. The zero-order valence-corrected chi connectivity index (χ0v) is 54.4. The van der Waals surface area contributed by atoms with Crippen LogP contribution < -0.4 is 0 Å². The Morgan fingerprint density at radius 3 is 0.819 bits per heavy atom. The average molecular weight is 1150 g/mol. The van der Waals surface area contributed by atoms with E-state index in [0.29, 0.717) is 19.3 Å². The zero-order chi connectivity index (χ0) is 59.9. The van der Waals surface area contributed by atoms with E-state index in [9.17, 15) is 14.4 Å². The molecule has 0 radical (unpaired) electrons. The highest BCUT2D eigenvalue weighted by molar-refractivity contribution is 5.71. The molecule has 0 aromatic carbocycles. The van der Waals surface area contributed by atoms with E-state index in [0.717, 1.165) is 96.3 Å². The van der Waals surface area contributed by atoms with Gasteiger partial charge in [-0.1, -0.05) is 316 Å². The standard InChI is InChI=1S/C77H130O6/c1-4-7-10-13-16-19-22-25-27-29-31-33-35-37-38-40-41-43-45-47-49-52-55-58-61-64-67-70-76(79)82-73-74(72-81-75(78)69-66-63-60-57-54-51-24-21-18-15-12-9-6-3)83-77(80)71-68-65-62-59-56-53-50-48-46-44-42-39-36-34-32-30-28-26-23-20-17-14-11-8-5-2/h7,9-10,12,16,18-19,21,25,27,30-33,37-38,51,54,60,63,74H,4-6,8,11,13-15,17,20,22-24,26,28-29,34-36,39-50,52-53,55-59,61-62,64-73H2,1-3H3/b10-7-,12-9-,19-16-,21-18-,27-25-,32-30-,33-31-,38-37-,54-51-,63-60-. The van der Waals surface area contributed by atoms with Gasteiger partial charge in [0.2, 0.25) is 0 Å². The largest absolute Gasteiger partial charge is 0.462 e. The highest BCUT2D eigenvalue weighted by atomic mass is 16.6. The number of unbranched alkanes of at least 4 members (excludes halogenated alkanes) is 32. The molecule has 0 bridgehead atoms. The van der Waals surface area contributed by atoms with Gasteiger partial charge in [-0.15, -0.1) is 0 Å². The Balaban J connectivity index is 4.31. The minimum atomic E-state index is -0.812. The number of allylic oxidation sites excluding steroid dienone is 20. The van der Waals surface area contributed by atoms with E-state index in [4.69, 9.17) is 14.2 Å². The van der Waals surface area contributed by atoms with E-state index in [-0.39, 0.29) is 37.5 Å². The molecule has 6 heteroatoms. The van der Waals surface area contributed by atoms with Gasteiger partial charge in [0.25, 0.3) is 0 Å². The van der Waals surface area contributed by atoms with Crippen molar-refractivity contribution in [3.8, 4) is 0 Å². The van der Waals surface area contributed by atoms with Crippen LogP contribution in [0.1, 0.15) is 329 Å². The number of ether oxygens (including phenoxy) is 3. The lowest BCUT2D eigenvalue weighted by atomic mass is 10.0. The quantitative estimate of drug-likeness (QED) is 0.0261. The van der Waals surface area contributed by atoms with E-state index in [2.05, 4.69) is 136 Å². The monoisotopic (exact) mass is 1150 g/mol. The van der Waals surface area contributed by atoms with Gasteiger partial charge in [0.15, 0.2) is 6.10 Å². The molecule has 0 amide bonds. The summed E-state index contributed by atoms with van der Waals surface area (Å²) in [6.07, 6.45) is 98.2. The first-order valence-corrected chi connectivity index (χ1v) is 35.0. The summed E-state index contributed by atoms with van der Waals surface area (Å²) in [6, 6.07) is 0. The van der Waals surface area contributed by atoms with Crippen molar-refractivity contribution in [2.24, 2.45) is 0 Å². The van der Waals surface area contributed by atoms with Gasteiger partial charge in [-0.05, 0) is 116 Å². The summed E-state index contributed by atoms with van der Waals surface area (Å²) in [5.41, 5.74) is 0. The second-order valence-corrected chi connectivity index (χ2v) is 23.0. The maximum absolute atomic E-state index is 13.0. The molecule has 0 aliphatic heterocycles. The fourth-order valence-electron chi connectivity index (χ4n) is 9.77. The summed E-state index contributed by atoms with van der Waals surface area (Å²) in [5.74, 6) is -0.980. The SMILES string of the molecule is CC/C=C\C/C=C\C/C=C\C/C=C\C/C=C\CCCCCCCCCCCCCC(=O)OCC(COC(=O)CC/C=C\C/C=C\C/C=C\C/C=C\CC)OC(=O)CCCCCCCCCCCCCCC/C=C\CCCCCCCCCC. The van der Waals surface area contributed by atoms with Crippen LogP contribution in [0.15, 0.2) is 122 Å². The molecule has 1 atom stereocenters. The summed E-state index contributed by atoms with van der Waals surface area (Å²) in [5, 5.41) is 0. The van der Waals surface area contributed by atoms with Crippen LogP contribution in [0, 0.1) is 0 Å². The Morgan fingerprint density at radius 1 is 0.253 bits per heavy atom. The van der Waals surface area contributed by atoms with Crippen molar-refractivity contribution in [2.45, 2.75) is 335 Å². The van der Waals surface area contributed by atoms with E-state index in [1.54, 1.807) is 0 Å². The molecule has 474 valence electrons. The van der Waals surface area contributed by atoms with E-state index >= 15 is 0 Å². The second kappa shape index (κ2) is 70.3. The molecule has 0 aliphatic carbocycles. The minimum absolute atomic E-state index is 0.102. The van der Waals surface area contributed by atoms with Gasteiger partial charge < -0.3 is 14.2 Å². The number of esters is 3. The van der Waals surface area contributed by atoms with Crippen LogP contribution in [0.5, 0.6) is 0 Å². The molecule has 0 saturated carbocycles. The van der Waals surface area contributed by atoms with Gasteiger partial charge in [-0.3, -0.25) is 14.4 Å². The van der Waals surface area contributed by atoms with Crippen LogP contribution in [0.2, 0.25) is 0 Å². The lowest BCUT2D eigenvalue weighted by Crippen LogP contribution is -2.30. The Kier molecular flexibility index (Phi) is 66.7. The Bertz CT molecular complexity index is 1700. The third kappa shape index (κ3) is 68.5. The van der Waals surface area contributed by atoms with Crippen LogP contribution in [-0.2, 0) is 28.6 Å². The highest BCUT2D eigenvalue weighted by Gasteiger charge is 2.19. The van der Waals surface area contributed by atoms with Crippen molar-refractivity contribution in [3.63, 3.8) is 0 Å². The van der Waals surface area contributed by atoms with E-state index < -0.39 is 6.10 Å². The Labute approximate surface area is 513 Å². The van der Waals surface area contributed by atoms with Gasteiger partial charge in [0, 0.05) is 19.3 Å². The van der Waals surface area contributed by atoms with Gasteiger partial charge in [-0.25, -0.2) is 0 Å². The van der Waals surface area contributed by atoms with Crippen LogP contribution >= 0.6 is 0 Å². The summed E-state index contributed by atoms with van der Waals surface area (Å²) >= 11 is 0. The molecule has 0 aromatic rings. The van der Waals surface area contributed by atoms with Gasteiger partial charge >= 0.3 is 17.9 Å². The van der Waals surface area contributed by atoms with Crippen LogP contribution in [-0.4, -0.2) is 37.2 Å². The zero-order valence-electron chi connectivity index (χ0n) is 54.4. The predicted octanol–water partition coefficient (Wildman–Crippen LogP) is 24.3. The topological polar surface area (TPSA) is 78.9 Å². The molecular formula is C77H130O6. The molecule has 0 spiro atoms. The normalized spacial score (nSPS) is 12.9. The summed E-state index contributed by atoms with van der Waals surface area (Å²) in [6.45, 7) is 6.38. The van der Waals surface area contributed by atoms with Crippen molar-refractivity contribution in [2.75, 3.05) is 13.2 Å². The molecule has 0 rings (SSSR count). The molecule has 6 nitrogen and oxygen atoms in total. The Morgan fingerprint density at radius 2 is 0.494 bits per heavy atom. The maximum Gasteiger partial charge on any atom is 0.306 e. The molecule has 0 saturated heterocycles. The first-order chi connectivity index (χ1) is 41.0. The van der Waals surface area contributed by atoms with Crippen molar-refractivity contribution < 1.29 is 28.6 Å². The van der Waals surface area contributed by atoms with Gasteiger partial charge in [-0.2, -0.15) is 0 Å². The van der Waals surface area contributed by atoms with Crippen molar-refractivity contribution >= 4 is 17.9 Å². The lowest BCUT2D eigenvalue weighted by Gasteiger charge is -2.18. The van der Waals surface area contributed by atoms with E-state index in [1.165, 1.54) is 186 Å². The number of rotatable bonds is 63. The lowest BCUT2D eigenvalue weighted by molar-refractivity contribution is -0.166. The van der Waals surface area contributed by atoms with Crippen molar-refractivity contribution in [1.82, 2.24) is 0 Å². The van der Waals surface area contributed by atoms with Gasteiger partial charge in [0.1, 0.15) is 13.2 Å². The highest BCUT2D eigenvalue weighted by Crippen LogP contribution is 2.17. The molecule has 0 N–H and O–H groups in total. The molecule has 0 aromatic heterocycles. The maximum atomic E-state index is 13.0. The molecule has 0 heterocycles. The summed E-state index contributed by atoms with van der Waals surface area (Å²) < 4.78 is 16.9. The predicted molar refractivity (Wildman–Crippen MR) is 362 cm³/mol. The molecule has 1 unspecified atom stereocenters. The van der Waals surface area contributed by atoms with Crippen LogP contribution in [0.25, 0.3) is 0 Å². The van der Waals surface area contributed by atoms with Crippen molar-refractivity contribution in [1.29, 1.82) is 0 Å². The third-order valence-electron chi connectivity index (χ3n) is 14.9. The van der Waals surface area contributed by atoms with Gasteiger partial charge in [0.05, 0.1) is 0 Å². The number of carbonyl (C=O) groups excluding carboxylic acids is 3.